The molecule has 0 N–H and O–H groups in total. The van der Waals surface area contributed by atoms with E-state index in [0.717, 1.165) is 0 Å². The number of hydrogen-bond donors (Lipinski definition) is 0. The molecule has 0 aromatic heterocycles. The monoisotopic (exact) mass is 171 g/mol. The van der Waals surface area contributed by atoms with Crippen molar-refractivity contribution in [1.82, 2.24) is 0 Å². The first-order valence-corrected chi connectivity index (χ1v) is 4.25. The minimum absolute atomic E-state index is 0. The number of nitriles is 1. The van der Waals surface area contributed by atoms with Crippen molar-refractivity contribution in [3.8, 4) is 6.07 Å². The third-order valence-corrected chi connectivity index (χ3v) is 0.557. The van der Waals surface area contributed by atoms with Crippen molar-refractivity contribution in [2.24, 2.45) is 5.92 Å². The number of hydrogen-bond acceptors (Lipinski definition) is 1. The largest absolute Gasteiger partial charge is 0.198 e. The van der Waals surface area contributed by atoms with E-state index < -0.39 is 0 Å². The van der Waals surface area contributed by atoms with Crippen LogP contribution in [0.5, 0.6) is 0 Å². The topological polar surface area (TPSA) is 23.8 Å². The van der Waals surface area contributed by atoms with Gasteiger partial charge in [0.2, 0.25) is 0 Å². The summed E-state index contributed by atoms with van der Waals surface area (Å²) >= 11 is 0. The molecule has 0 aliphatic rings. The van der Waals surface area contributed by atoms with Crippen molar-refractivity contribution in [3.05, 3.63) is 12.7 Å². The highest BCUT2D eigenvalue weighted by Gasteiger charge is 1.83. The smallest absolute Gasteiger partial charge is 0.0694 e. The number of allylic oxidation sites excluding steroid dienone is 1. The highest BCUT2D eigenvalue weighted by Crippen LogP contribution is 1.87. The van der Waals surface area contributed by atoms with Crippen molar-refractivity contribution in [2.45, 2.75) is 48.5 Å². The molecule has 0 rings (SSSR count). The molecule has 0 aliphatic carbocycles. The third-order valence-electron chi connectivity index (χ3n) is 0.557. The van der Waals surface area contributed by atoms with Crippen molar-refractivity contribution in [3.63, 3.8) is 0 Å². The van der Waals surface area contributed by atoms with E-state index in [1.165, 1.54) is 6.42 Å². The normalized spacial score (nSPS) is 8.00. The van der Waals surface area contributed by atoms with Gasteiger partial charge >= 0.3 is 0 Å². The van der Waals surface area contributed by atoms with Gasteiger partial charge < -0.3 is 0 Å². The standard InChI is InChI=1S/C5H7N.C3H8.C2H6.CH4/c1-3-5(2)4-6;1-3-2;1-2;/h3,5H,1H2,2H3;3H2,1-2H3;1-2H3;1H4. The maximum Gasteiger partial charge on any atom is 0.0694 e. The molecule has 0 radical (unpaired) electrons. The summed E-state index contributed by atoms with van der Waals surface area (Å²) in [7, 11) is 0. The van der Waals surface area contributed by atoms with E-state index in [1.54, 1.807) is 13.0 Å². The predicted octanol–water partition coefficient (Wildman–Crippen LogP) is 4.41. The third kappa shape index (κ3) is 59.9. The Bertz CT molecular complexity index is 89.7. The van der Waals surface area contributed by atoms with Crippen LogP contribution in [0.4, 0.5) is 0 Å². The first-order chi connectivity index (χ1) is 5.22. The summed E-state index contributed by atoms with van der Waals surface area (Å²) < 4.78 is 0. The quantitative estimate of drug-likeness (QED) is 0.536. The minimum atomic E-state index is 0. The summed E-state index contributed by atoms with van der Waals surface area (Å²) in [6, 6.07) is 2.00. The second-order valence-electron chi connectivity index (χ2n) is 1.86. The van der Waals surface area contributed by atoms with Gasteiger partial charge in [0.1, 0.15) is 0 Å². The predicted molar refractivity (Wildman–Crippen MR) is 59.0 cm³/mol. The van der Waals surface area contributed by atoms with Gasteiger partial charge in [-0.15, -0.1) is 6.58 Å². The van der Waals surface area contributed by atoms with Crippen LogP contribution in [0.15, 0.2) is 12.7 Å². The van der Waals surface area contributed by atoms with Crippen LogP contribution in [0.1, 0.15) is 48.5 Å². The second kappa shape index (κ2) is 31.9. The van der Waals surface area contributed by atoms with E-state index in [4.69, 9.17) is 5.26 Å². The molecule has 12 heavy (non-hydrogen) atoms. The Balaban J connectivity index is -0.0000000462. The first-order valence-electron chi connectivity index (χ1n) is 4.25. The summed E-state index contributed by atoms with van der Waals surface area (Å²) in [6.07, 6.45) is 2.86. The van der Waals surface area contributed by atoms with Gasteiger partial charge in [-0.1, -0.05) is 47.6 Å². The molecule has 0 fully saturated rings. The Morgan fingerprint density at radius 1 is 1.42 bits per heavy atom. The van der Waals surface area contributed by atoms with Crippen LogP contribution in [0, 0.1) is 17.2 Å². The summed E-state index contributed by atoms with van der Waals surface area (Å²) in [5, 5.41) is 8.01. The van der Waals surface area contributed by atoms with E-state index in [-0.39, 0.29) is 13.3 Å². The Morgan fingerprint density at radius 3 is 1.67 bits per heavy atom. The van der Waals surface area contributed by atoms with Crippen molar-refractivity contribution in [1.29, 1.82) is 5.26 Å². The van der Waals surface area contributed by atoms with Crippen LogP contribution in [0.25, 0.3) is 0 Å². The fraction of sp³-hybridized carbons (Fsp3) is 0.727. The molecule has 0 saturated carbocycles. The lowest BCUT2D eigenvalue weighted by molar-refractivity contribution is 0.960. The minimum Gasteiger partial charge on any atom is -0.198 e. The van der Waals surface area contributed by atoms with Crippen LogP contribution in [-0.4, -0.2) is 0 Å². The SMILES string of the molecule is C.C=CC(C)C#N.CC.CCC. The molecule has 0 aliphatic heterocycles. The second-order valence-corrected chi connectivity index (χ2v) is 1.86. The van der Waals surface area contributed by atoms with Gasteiger partial charge in [-0.05, 0) is 6.92 Å². The number of nitrogens with zero attached hydrogens (tertiary/aromatic N) is 1. The number of rotatable bonds is 1. The molecule has 1 nitrogen and oxygen atoms in total. The molecule has 1 unspecified atom stereocenters. The van der Waals surface area contributed by atoms with Crippen molar-refractivity contribution < 1.29 is 0 Å². The molecule has 0 bridgehead atoms. The average Bonchev–Trinajstić information content (AvgIpc) is 2.08. The molecule has 0 aromatic rings. The zero-order valence-corrected chi connectivity index (χ0v) is 8.52. The molecule has 0 spiro atoms. The Kier molecular flexibility index (Phi) is 59.7. The van der Waals surface area contributed by atoms with Crippen LogP contribution in [0.3, 0.4) is 0 Å². The molecular formula is C11H25N. The van der Waals surface area contributed by atoms with Gasteiger partial charge in [-0.3, -0.25) is 0 Å². The van der Waals surface area contributed by atoms with Crippen molar-refractivity contribution in [2.75, 3.05) is 0 Å². The molecule has 74 valence electrons. The lowest BCUT2D eigenvalue weighted by Crippen LogP contribution is -1.76. The molecule has 0 amide bonds. The molecule has 0 aromatic carbocycles. The van der Waals surface area contributed by atoms with E-state index in [2.05, 4.69) is 20.4 Å². The Hall–Kier alpha value is -0.770. The van der Waals surface area contributed by atoms with Gasteiger partial charge in [-0.2, -0.15) is 5.26 Å². The molecule has 1 heteroatoms. The summed E-state index contributed by atoms with van der Waals surface area (Å²) in [6.45, 7) is 13.5. The van der Waals surface area contributed by atoms with Gasteiger partial charge in [0, 0.05) is 0 Å². The summed E-state index contributed by atoms with van der Waals surface area (Å²) in [4.78, 5) is 0. The average molecular weight is 171 g/mol. The van der Waals surface area contributed by atoms with E-state index in [0.29, 0.717) is 0 Å². The first kappa shape index (κ1) is 22.5. The maximum absolute atomic E-state index is 8.01. The fourth-order valence-electron chi connectivity index (χ4n) is 0.0527. The fourth-order valence-corrected chi connectivity index (χ4v) is 0.0527. The maximum atomic E-state index is 8.01. The summed E-state index contributed by atoms with van der Waals surface area (Å²) in [5.74, 6) is 0.00463. The van der Waals surface area contributed by atoms with Gasteiger partial charge in [-0.25, -0.2) is 0 Å². The van der Waals surface area contributed by atoms with Crippen LogP contribution < -0.4 is 0 Å². The van der Waals surface area contributed by atoms with E-state index >= 15 is 0 Å². The van der Waals surface area contributed by atoms with Gasteiger partial charge in [0.15, 0.2) is 0 Å². The van der Waals surface area contributed by atoms with Gasteiger partial charge in [0.05, 0.1) is 12.0 Å². The van der Waals surface area contributed by atoms with Crippen LogP contribution >= 0.6 is 0 Å². The Labute approximate surface area is 79.1 Å². The van der Waals surface area contributed by atoms with Gasteiger partial charge in [0.25, 0.3) is 0 Å². The van der Waals surface area contributed by atoms with Crippen LogP contribution in [0.2, 0.25) is 0 Å². The van der Waals surface area contributed by atoms with Crippen molar-refractivity contribution >= 4 is 0 Å². The highest BCUT2D eigenvalue weighted by atomic mass is 14.2. The van der Waals surface area contributed by atoms with E-state index in [1.807, 2.05) is 19.9 Å². The lowest BCUT2D eigenvalue weighted by Gasteiger charge is -1.80. The van der Waals surface area contributed by atoms with E-state index in [9.17, 15) is 0 Å². The van der Waals surface area contributed by atoms with Crippen LogP contribution in [-0.2, 0) is 0 Å². The molecule has 0 heterocycles. The Morgan fingerprint density at radius 2 is 1.67 bits per heavy atom. The highest BCUT2D eigenvalue weighted by molar-refractivity contribution is 4.91. The summed E-state index contributed by atoms with van der Waals surface area (Å²) in [5.41, 5.74) is 0. The zero-order chi connectivity index (χ0) is 9.70. The molecule has 0 saturated heterocycles. The lowest BCUT2D eigenvalue weighted by atomic mass is 10.2. The molecule has 1 atom stereocenters. The molecular weight excluding hydrogens is 146 g/mol. The zero-order valence-electron chi connectivity index (χ0n) is 8.52.